The van der Waals surface area contributed by atoms with Crippen molar-refractivity contribution in [1.29, 1.82) is 0 Å². The van der Waals surface area contributed by atoms with Crippen LogP contribution in [0.3, 0.4) is 0 Å². The Balaban J connectivity index is 4.49. The molecule has 3 N–H and O–H groups in total. The molecule has 96 valence electrons. The standard InChI is InChI=1S/C12H27N3O/c1-5-8-15(9-6-2)10-12(4,11(13)16)14-7-3/h14H,5-10H2,1-4H3,(H2,13,16). The first-order chi connectivity index (χ1) is 7.50. The summed E-state index contributed by atoms with van der Waals surface area (Å²) < 4.78 is 0. The van der Waals surface area contributed by atoms with E-state index in [-0.39, 0.29) is 5.91 Å². The van der Waals surface area contributed by atoms with Gasteiger partial charge in [0.25, 0.3) is 0 Å². The Labute approximate surface area is 99.6 Å². The van der Waals surface area contributed by atoms with Crippen molar-refractivity contribution in [2.24, 2.45) is 5.73 Å². The highest BCUT2D eigenvalue weighted by Crippen LogP contribution is 2.07. The summed E-state index contributed by atoms with van der Waals surface area (Å²) in [6.07, 6.45) is 2.20. The number of carbonyl (C=O) groups excluding carboxylic acids is 1. The Morgan fingerprint density at radius 2 is 1.75 bits per heavy atom. The number of amides is 1. The van der Waals surface area contributed by atoms with E-state index >= 15 is 0 Å². The minimum absolute atomic E-state index is 0.272. The smallest absolute Gasteiger partial charge is 0.238 e. The van der Waals surface area contributed by atoms with E-state index in [1.807, 2.05) is 13.8 Å². The average Bonchev–Trinajstić information content (AvgIpc) is 2.18. The zero-order valence-corrected chi connectivity index (χ0v) is 11.2. The molecule has 0 aromatic rings. The third-order valence-corrected chi connectivity index (χ3v) is 2.73. The number of primary amides is 1. The van der Waals surface area contributed by atoms with Gasteiger partial charge in [-0.3, -0.25) is 4.79 Å². The van der Waals surface area contributed by atoms with Crippen LogP contribution in [0.4, 0.5) is 0 Å². The molecule has 1 amide bonds. The molecule has 0 aliphatic rings. The topological polar surface area (TPSA) is 58.4 Å². The molecule has 1 unspecified atom stereocenters. The first-order valence-electron chi connectivity index (χ1n) is 6.27. The van der Waals surface area contributed by atoms with Crippen LogP contribution < -0.4 is 11.1 Å². The maximum atomic E-state index is 11.5. The Bertz CT molecular complexity index is 202. The monoisotopic (exact) mass is 229 g/mol. The molecule has 4 nitrogen and oxygen atoms in total. The van der Waals surface area contributed by atoms with Gasteiger partial charge in [-0.2, -0.15) is 0 Å². The molecule has 0 aromatic carbocycles. The third kappa shape index (κ3) is 4.94. The van der Waals surface area contributed by atoms with Crippen LogP contribution in [0.25, 0.3) is 0 Å². The number of rotatable bonds is 9. The molecule has 0 saturated heterocycles. The number of likely N-dealkylation sites (N-methyl/N-ethyl adjacent to an activating group) is 1. The number of nitrogens with two attached hydrogens (primary N) is 1. The normalized spacial score (nSPS) is 15.1. The Morgan fingerprint density at radius 3 is 2.06 bits per heavy atom. The quantitative estimate of drug-likeness (QED) is 0.619. The lowest BCUT2D eigenvalue weighted by Gasteiger charge is -2.33. The van der Waals surface area contributed by atoms with Crippen molar-refractivity contribution >= 4 is 5.91 Å². The van der Waals surface area contributed by atoms with E-state index in [9.17, 15) is 4.79 Å². The lowest BCUT2D eigenvalue weighted by Crippen LogP contribution is -2.59. The molecule has 0 radical (unpaired) electrons. The van der Waals surface area contributed by atoms with Crippen LogP contribution in [0.5, 0.6) is 0 Å². The van der Waals surface area contributed by atoms with Crippen LogP contribution in [0.2, 0.25) is 0 Å². The second-order valence-electron chi connectivity index (χ2n) is 4.50. The Kier molecular flexibility index (Phi) is 7.34. The van der Waals surface area contributed by atoms with Gasteiger partial charge in [0, 0.05) is 6.54 Å². The average molecular weight is 229 g/mol. The first kappa shape index (κ1) is 15.4. The van der Waals surface area contributed by atoms with Crippen LogP contribution in [0, 0.1) is 0 Å². The summed E-state index contributed by atoms with van der Waals surface area (Å²) in [5, 5.41) is 3.19. The van der Waals surface area contributed by atoms with Crippen LogP contribution in [0.15, 0.2) is 0 Å². The molecule has 0 heterocycles. The number of nitrogens with zero attached hydrogens (tertiary/aromatic N) is 1. The van der Waals surface area contributed by atoms with Gasteiger partial charge < -0.3 is 16.0 Å². The summed E-state index contributed by atoms with van der Waals surface area (Å²) in [5.41, 5.74) is 4.86. The predicted molar refractivity (Wildman–Crippen MR) is 68.3 cm³/mol. The number of carbonyl (C=O) groups is 1. The fourth-order valence-corrected chi connectivity index (χ4v) is 1.96. The molecule has 4 heteroatoms. The van der Waals surface area contributed by atoms with Crippen LogP contribution in [-0.4, -0.2) is 42.5 Å². The highest BCUT2D eigenvalue weighted by molar-refractivity contribution is 5.84. The summed E-state index contributed by atoms with van der Waals surface area (Å²) in [7, 11) is 0. The fraction of sp³-hybridized carbons (Fsp3) is 0.917. The lowest BCUT2D eigenvalue weighted by atomic mass is 10.0. The van der Waals surface area contributed by atoms with Gasteiger partial charge in [0.2, 0.25) is 5.91 Å². The van der Waals surface area contributed by atoms with Gasteiger partial charge in [0.1, 0.15) is 5.54 Å². The molecule has 0 spiro atoms. The van der Waals surface area contributed by atoms with Gasteiger partial charge in [-0.1, -0.05) is 20.8 Å². The summed E-state index contributed by atoms with van der Waals surface area (Å²) in [6.45, 7) is 11.7. The minimum atomic E-state index is -0.612. The summed E-state index contributed by atoms with van der Waals surface area (Å²) in [5.74, 6) is -0.272. The molecule has 0 aliphatic carbocycles. The first-order valence-corrected chi connectivity index (χ1v) is 6.27. The molecule has 0 aliphatic heterocycles. The molecule has 0 fully saturated rings. The van der Waals surface area contributed by atoms with Crippen molar-refractivity contribution in [2.75, 3.05) is 26.2 Å². The van der Waals surface area contributed by atoms with Crippen molar-refractivity contribution in [3.8, 4) is 0 Å². The minimum Gasteiger partial charge on any atom is -0.368 e. The molecule has 0 bridgehead atoms. The zero-order chi connectivity index (χ0) is 12.6. The molecular weight excluding hydrogens is 202 g/mol. The van der Waals surface area contributed by atoms with Gasteiger partial charge in [-0.25, -0.2) is 0 Å². The van der Waals surface area contributed by atoms with E-state index in [1.165, 1.54) is 0 Å². The largest absolute Gasteiger partial charge is 0.368 e. The Hall–Kier alpha value is -0.610. The lowest BCUT2D eigenvalue weighted by molar-refractivity contribution is -0.124. The van der Waals surface area contributed by atoms with E-state index in [2.05, 4.69) is 24.1 Å². The summed E-state index contributed by atoms with van der Waals surface area (Å²) in [6, 6.07) is 0. The van der Waals surface area contributed by atoms with E-state index in [1.54, 1.807) is 0 Å². The van der Waals surface area contributed by atoms with Gasteiger partial charge in [0.05, 0.1) is 0 Å². The highest BCUT2D eigenvalue weighted by Gasteiger charge is 2.31. The third-order valence-electron chi connectivity index (χ3n) is 2.73. The molecule has 16 heavy (non-hydrogen) atoms. The highest BCUT2D eigenvalue weighted by atomic mass is 16.1. The molecule has 0 saturated carbocycles. The number of hydrogen-bond donors (Lipinski definition) is 2. The second-order valence-corrected chi connectivity index (χ2v) is 4.50. The second kappa shape index (κ2) is 7.63. The maximum Gasteiger partial charge on any atom is 0.238 e. The Morgan fingerprint density at radius 1 is 1.25 bits per heavy atom. The maximum absolute atomic E-state index is 11.5. The van der Waals surface area contributed by atoms with Crippen molar-refractivity contribution in [1.82, 2.24) is 10.2 Å². The van der Waals surface area contributed by atoms with Crippen molar-refractivity contribution in [3.63, 3.8) is 0 Å². The molecular formula is C12H27N3O. The van der Waals surface area contributed by atoms with Crippen molar-refractivity contribution < 1.29 is 4.79 Å². The summed E-state index contributed by atoms with van der Waals surface area (Å²) >= 11 is 0. The van der Waals surface area contributed by atoms with Gasteiger partial charge in [0.15, 0.2) is 0 Å². The van der Waals surface area contributed by atoms with Crippen molar-refractivity contribution in [3.05, 3.63) is 0 Å². The van der Waals surface area contributed by atoms with E-state index in [0.29, 0.717) is 6.54 Å². The van der Waals surface area contributed by atoms with Crippen LogP contribution in [-0.2, 0) is 4.79 Å². The van der Waals surface area contributed by atoms with Crippen LogP contribution in [0.1, 0.15) is 40.5 Å². The molecule has 0 aromatic heterocycles. The van der Waals surface area contributed by atoms with Gasteiger partial charge >= 0.3 is 0 Å². The molecule has 1 atom stereocenters. The van der Waals surface area contributed by atoms with E-state index in [4.69, 9.17) is 5.73 Å². The SMILES string of the molecule is CCCN(CCC)CC(C)(NCC)C(N)=O. The van der Waals surface area contributed by atoms with Gasteiger partial charge in [-0.15, -0.1) is 0 Å². The van der Waals surface area contributed by atoms with Crippen molar-refractivity contribution in [2.45, 2.75) is 46.1 Å². The molecule has 0 rings (SSSR count). The van der Waals surface area contributed by atoms with Crippen LogP contribution >= 0.6 is 0 Å². The summed E-state index contributed by atoms with van der Waals surface area (Å²) in [4.78, 5) is 13.8. The fourth-order valence-electron chi connectivity index (χ4n) is 1.96. The number of hydrogen-bond acceptors (Lipinski definition) is 3. The van der Waals surface area contributed by atoms with E-state index in [0.717, 1.165) is 32.5 Å². The predicted octanol–water partition coefficient (Wildman–Crippen LogP) is 0.962. The van der Waals surface area contributed by atoms with Gasteiger partial charge in [-0.05, 0) is 39.4 Å². The number of nitrogens with one attached hydrogen (secondary N) is 1. The zero-order valence-electron chi connectivity index (χ0n) is 11.2. The van der Waals surface area contributed by atoms with E-state index < -0.39 is 5.54 Å².